The second-order valence-electron chi connectivity index (χ2n) is 9.80. The van der Waals surface area contributed by atoms with Gasteiger partial charge in [0, 0.05) is 55.3 Å². The van der Waals surface area contributed by atoms with Crippen LogP contribution in [-0.2, 0) is 4.74 Å². The summed E-state index contributed by atoms with van der Waals surface area (Å²) < 4.78 is 55.8. The first-order valence-electron chi connectivity index (χ1n) is 11.3. The maximum Gasteiger partial charge on any atom is 0.410 e. The van der Waals surface area contributed by atoms with Gasteiger partial charge in [-0.25, -0.2) is 4.31 Å². The van der Waals surface area contributed by atoms with Gasteiger partial charge in [-0.3, -0.25) is 0 Å². The first kappa shape index (κ1) is 23.8. The molecule has 2 aliphatic heterocycles. The zero-order valence-electron chi connectivity index (χ0n) is 19.2. The lowest BCUT2D eigenvalue weighted by Crippen LogP contribution is -2.58. The van der Waals surface area contributed by atoms with Crippen molar-refractivity contribution in [1.82, 2.24) is 9.29 Å². The Kier molecular flexibility index (Phi) is 6.76. The zero-order chi connectivity index (χ0) is 23.1. The van der Waals surface area contributed by atoms with Crippen LogP contribution >= 0.6 is 11.9 Å². The molecule has 0 spiro atoms. The van der Waals surface area contributed by atoms with Crippen molar-refractivity contribution in [3.8, 4) is 5.88 Å². The molecule has 0 N–H and O–H groups in total. The number of morpholine rings is 1. The summed E-state index contributed by atoms with van der Waals surface area (Å²) in [6.07, 6.45) is -2.16. The van der Waals surface area contributed by atoms with Crippen LogP contribution in [0.1, 0.15) is 40.5 Å². The van der Waals surface area contributed by atoms with Gasteiger partial charge in [0.25, 0.3) is 0 Å². The van der Waals surface area contributed by atoms with E-state index in [1.165, 1.54) is 4.90 Å². The van der Waals surface area contributed by atoms with Crippen molar-refractivity contribution in [2.24, 2.45) is 0 Å². The lowest BCUT2D eigenvalue weighted by atomic mass is 10.1. The summed E-state index contributed by atoms with van der Waals surface area (Å²) in [6, 6.07) is 2.12. The van der Waals surface area contributed by atoms with Gasteiger partial charge in [0.05, 0.1) is 13.2 Å². The number of piperazine rings is 1. The summed E-state index contributed by atoms with van der Waals surface area (Å²) in [6.45, 7) is 10.4. The van der Waals surface area contributed by atoms with Crippen LogP contribution in [0.3, 0.4) is 0 Å². The van der Waals surface area contributed by atoms with Crippen molar-refractivity contribution in [1.29, 1.82) is 0 Å². The molecule has 1 aromatic rings. The Morgan fingerprint density at radius 3 is 2.47 bits per heavy atom. The third-order valence-electron chi connectivity index (χ3n) is 5.72. The average molecular weight is 475 g/mol. The van der Waals surface area contributed by atoms with E-state index in [1.807, 2.05) is 31.1 Å². The van der Waals surface area contributed by atoms with Gasteiger partial charge in [0.1, 0.15) is 17.5 Å². The fourth-order valence-electron chi connectivity index (χ4n) is 4.06. The summed E-state index contributed by atoms with van der Waals surface area (Å²) in [4.78, 5) is 8.11. The second-order valence-corrected chi connectivity index (χ2v) is 11.2. The highest BCUT2D eigenvalue weighted by Crippen LogP contribution is 2.40. The van der Waals surface area contributed by atoms with Crippen molar-refractivity contribution in [2.75, 3.05) is 49.2 Å². The van der Waals surface area contributed by atoms with E-state index < -0.39 is 17.8 Å². The number of rotatable bonds is 5. The van der Waals surface area contributed by atoms with E-state index in [4.69, 9.17) is 9.47 Å². The van der Waals surface area contributed by atoms with Crippen LogP contribution in [-0.4, -0.2) is 77.8 Å². The fraction of sp³-hybridized carbons (Fsp3) is 0.773. The predicted octanol–water partition coefficient (Wildman–Crippen LogP) is 4.35. The predicted molar refractivity (Wildman–Crippen MR) is 122 cm³/mol. The van der Waals surface area contributed by atoms with E-state index in [9.17, 15) is 13.2 Å². The Morgan fingerprint density at radius 2 is 1.84 bits per heavy atom. The average Bonchev–Trinajstić information content (AvgIpc) is 3.50. The summed E-state index contributed by atoms with van der Waals surface area (Å²) in [5.74, 6) is 0.665. The molecule has 1 saturated carbocycles. The van der Waals surface area contributed by atoms with Crippen molar-refractivity contribution < 1.29 is 22.6 Å². The summed E-state index contributed by atoms with van der Waals surface area (Å²) in [5, 5.41) is 0.478. The minimum atomic E-state index is -4.35. The highest BCUT2D eigenvalue weighted by Gasteiger charge is 2.48. The molecular weight excluding hydrogens is 441 g/mol. The first-order valence-corrected chi connectivity index (χ1v) is 12.1. The number of pyridine rings is 1. The van der Waals surface area contributed by atoms with Crippen LogP contribution in [0.5, 0.6) is 5.88 Å². The van der Waals surface area contributed by atoms with E-state index >= 15 is 0 Å². The van der Waals surface area contributed by atoms with Crippen molar-refractivity contribution in [3.05, 3.63) is 12.1 Å². The van der Waals surface area contributed by atoms with Crippen LogP contribution in [0.15, 0.2) is 12.1 Å². The van der Waals surface area contributed by atoms with E-state index in [0.717, 1.165) is 18.5 Å². The fourth-order valence-corrected chi connectivity index (χ4v) is 5.24. The lowest BCUT2D eigenvalue weighted by molar-refractivity contribution is -0.153. The van der Waals surface area contributed by atoms with Gasteiger partial charge in [0.2, 0.25) is 5.88 Å². The molecule has 180 valence electrons. The minimum absolute atomic E-state index is 0.0556. The normalized spacial score (nSPS) is 25.8. The summed E-state index contributed by atoms with van der Waals surface area (Å²) in [5.41, 5.74) is 0.309. The molecule has 1 aliphatic carbocycles. The Balaban J connectivity index is 1.66. The maximum absolute atomic E-state index is 14.1. The number of alkyl halides is 3. The first-order chi connectivity index (χ1) is 15.0. The van der Waals surface area contributed by atoms with E-state index in [2.05, 4.69) is 16.8 Å². The van der Waals surface area contributed by atoms with Crippen LogP contribution in [0.2, 0.25) is 0 Å². The van der Waals surface area contributed by atoms with Gasteiger partial charge >= 0.3 is 6.18 Å². The van der Waals surface area contributed by atoms with Gasteiger partial charge in [-0.05, 0) is 40.5 Å². The van der Waals surface area contributed by atoms with E-state index in [-0.39, 0.29) is 19.1 Å². The third kappa shape index (κ3) is 5.94. The molecule has 6 nitrogen and oxygen atoms in total. The topological polar surface area (TPSA) is 41.1 Å². The van der Waals surface area contributed by atoms with Gasteiger partial charge in [0.15, 0.2) is 0 Å². The molecule has 0 aromatic carbocycles. The number of nitrogens with zero attached hydrogens (tertiary/aromatic N) is 4. The number of halogens is 3. The number of hydrogen-bond acceptors (Lipinski definition) is 7. The molecule has 3 aliphatic rings. The molecule has 3 fully saturated rings. The van der Waals surface area contributed by atoms with Gasteiger partial charge in [-0.1, -0.05) is 11.9 Å². The van der Waals surface area contributed by atoms with Crippen LogP contribution < -0.4 is 14.5 Å². The molecule has 3 heterocycles. The van der Waals surface area contributed by atoms with Crippen LogP contribution in [0.25, 0.3) is 0 Å². The summed E-state index contributed by atoms with van der Waals surface area (Å²) in [7, 11) is 0. The Hall–Kier alpha value is -1.39. The molecule has 0 amide bonds. The van der Waals surface area contributed by atoms with E-state index in [1.54, 1.807) is 18.0 Å². The number of aromatic nitrogens is 1. The molecule has 32 heavy (non-hydrogen) atoms. The highest BCUT2D eigenvalue weighted by molar-refractivity contribution is 7.97. The maximum atomic E-state index is 14.1. The van der Waals surface area contributed by atoms with Gasteiger partial charge in [-0.2, -0.15) is 18.2 Å². The van der Waals surface area contributed by atoms with Crippen molar-refractivity contribution in [2.45, 2.75) is 69.6 Å². The lowest BCUT2D eigenvalue weighted by Gasteiger charge is -2.43. The van der Waals surface area contributed by atoms with Crippen molar-refractivity contribution >= 4 is 23.5 Å². The van der Waals surface area contributed by atoms with E-state index in [0.29, 0.717) is 43.3 Å². The molecule has 2 saturated heterocycles. The molecule has 0 bridgehead atoms. The molecular formula is C22H33F3N4O2S. The Labute approximate surface area is 192 Å². The number of ether oxygens (including phenoxy) is 2. The Morgan fingerprint density at radius 1 is 1.09 bits per heavy atom. The number of hydrogen-bond donors (Lipinski definition) is 0. The second kappa shape index (κ2) is 9.10. The SMILES string of the molecule is CC1COCCN1c1cc(OC(C)(C)C)nc(N2CCN(SC3CC3)CC2C(F)(F)F)c1. The molecule has 0 radical (unpaired) electrons. The summed E-state index contributed by atoms with van der Waals surface area (Å²) >= 11 is 1.58. The highest BCUT2D eigenvalue weighted by atomic mass is 32.2. The van der Waals surface area contributed by atoms with Crippen LogP contribution in [0.4, 0.5) is 24.7 Å². The van der Waals surface area contributed by atoms with Gasteiger partial charge < -0.3 is 19.3 Å². The van der Waals surface area contributed by atoms with Crippen LogP contribution in [0, 0.1) is 0 Å². The van der Waals surface area contributed by atoms with Crippen molar-refractivity contribution in [3.63, 3.8) is 0 Å². The standard InChI is InChI=1S/C22H33F3N4O2S/c1-15-14-30-10-9-28(15)16-11-19(26-20(12-16)31-21(2,3)4)29-8-7-27(32-17-5-6-17)13-18(29)22(23,24)25/h11-12,15,17-18H,5-10,13-14H2,1-4H3. The smallest absolute Gasteiger partial charge is 0.410 e. The quantitative estimate of drug-likeness (QED) is 0.588. The number of anilines is 2. The zero-order valence-corrected chi connectivity index (χ0v) is 20.0. The molecule has 10 heteroatoms. The molecule has 2 atom stereocenters. The monoisotopic (exact) mass is 474 g/mol. The van der Waals surface area contributed by atoms with Gasteiger partial charge in [-0.15, -0.1) is 0 Å². The minimum Gasteiger partial charge on any atom is -0.472 e. The third-order valence-corrected chi connectivity index (χ3v) is 7.12. The molecule has 2 unspecified atom stereocenters. The Bertz CT molecular complexity index is 800. The molecule has 4 rings (SSSR count). The molecule has 1 aromatic heterocycles. The largest absolute Gasteiger partial charge is 0.472 e.